The van der Waals surface area contributed by atoms with Crippen molar-refractivity contribution < 1.29 is 50.6 Å². The van der Waals surface area contributed by atoms with Crippen LogP contribution < -0.4 is 5.32 Å². The van der Waals surface area contributed by atoms with Crippen molar-refractivity contribution in [1.29, 1.82) is 0 Å². The Bertz CT molecular complexity index is 1770. The molecule has 272 valence electrons. The average molecular weight is 712 g/mol. The first-order chi connectivity index (χ1) is 23.3. The second-order valence-electron chi connectivity index (χ2n) is 13.6. The molecule has 3 atom stereocenters. The summed E-state index contributed by atoms with van der Waals surface area (Å²) in [6.07, 6.45) is -6.13. The van der Waals surface area contributed by atoms with Gasteiger partial charge in [0.15, 0.2) is 11.1 Å². The van der Waals surface area contributed by atoms with Gasteiger partial charge in [-0.2, -0.15) is 23.4 Å². The predicted molar refractivity (Wildman–Crippen MR) is 164 cm³/mol. The molecule has 3 aromatic heterocycles. The second-order valence-corrected chi connectivity index (χ2v) is 13.6. The number of likely N-dealkylation sites (tertiary alicyclic amines) is 1. The van der Waals surface area contributed by atoms with Gasteiger partial charge in [0.05, 0.1) is 30.7 Å². The number of nitrogens with zero attached hydrogens (tertiary/aromatic N) is 6. The summed E-state index contributed by atoms with van der Waals surface area (Å²) in [5.74, 6) is -6.49. The van der Waals surface area contributed by atoms with E-state index in [9.17, 15) is 41.1 Å². The molecule has 13 nitrogen and oxygen atoms in total. The van der Waals surface area contributed by atoms with Gasteiger partial charge >= 0.3 is 18.2 Å². The fraction of sp³-hybridized carbons (Fsp3) is 0.594. The van der Waals surface area contributed by atoms with Crippen LogP contribution >= 0.6 is 0 Å². The zero-order chi connectivity index (χ0) is 36.8. The van der Waals surface area contributed by atoms with Crippen LogP contribution in [0.4, 0.5) is 26.7 Å². The van der Waals surface area contributed by atoms with Crippen molar-refractivity contribution in [2.24, 2.45) is 11.3 Å². The maximum atomic E-state index is 14.3. The molecule has 5 rings (SSSR count). The van der Waals surface area contributed by atoms with Gasteiger partial charge in [0.1, 0.15) is 17.3 Å². The Morgan fingerprint density at radius 1 is 1.10 bits per heavy atom. The lowest BCUT2D eigenvalue weighted by molar-refractivity contribution is -0.177. The highest BCUT2D eigenvalue weighted by Gasteiger charge is 2.66. The van der Waals surface area contributed by atoms with Crippen molar-refractivity contribution in [2.45, 2.75) is 103 Å². The smallest absolute Gasteiger partial charge is 0.417 e. The molecule has 3 aromatic rings. The zero-order valence-electron chi connectivity index (χ0n) is 28.1. The van der Waals surface area contributed by atoms with E-state index in [-0.39, 0.29) is 53.3 Å². The standard InChI is InChI=1S/C32H38F5N7O6/c1-6-42-21(11-14-38-42)25(45)40-24(18-9-12-31(33,34)13-10-18)20-17-43-23(39-20)8-7-19(41-43)15-30(27(47)49-5)16-22(32(35,36)37)44(26(30)46)28(48)50-29(2,3)4/h7-8,11,14,17-18,22,24H,6,9-10,12-13,15-16H2,1-5H3,(H,40,45)/t22-,24+,30?/m1/s1. The van der Waals surface area contributed by atoms with Crippen LogP contribution in [0.3, 0.4) is 0 Å². The summed E-state index contributed by atoms with van der Waals surface area (Å²) in [7, 11) is 0.915. The Balaban J connectivity index is 1.49. The van der Waals surface area contributed by atoms with Gasteiger partial charge in [0.25, 0.3) is 11.8 Å². The molecule has 0 bridgehead atoms. The minimum atomic E-state index is -5.10. The molecular weight excluding hydrogens is 673 g/mol. The number of aryl methyl sites for hydroxylation is 1. The lowest BCUT2D eigenvalue weighted by Crippen LogP contribution is -2.50. The molecule has 1 aliphatic carbocycles. The van der Waals surface area contributed by atoms with Crippen LogP contribution in [-0.2, 0) is 32.0 Å². The van der Waals surface area contributed by atoms with E-state index in [1.807, 2.05) is 0 Å². The lowest BCUT2D eigenvalue weighted by atomic mass is 9.80. The van der Waals surface area contributed by atoms with Gasteiger partial charge in [-0.3, -0.25) is 19.1 Å². The number of amides is 3. The molecule has 4 heterocycles. The van der Waals surface area contributed by atoms with Crippen molar-refractivity contribution in [3.05, 3.63) is 47.7 Å². The van der Waals surface area contributed by atoms with Gasteiger partial charge in [-0.25, -0.2) is 28.0 Å². The molecule has 3 amide bonds. The Labute approximate surface area is 283 Å². The number of halogens is 5. The van der Waals surface area contributed by atoms with Gasteiger partial charge in [-0.05, 0) is 64.7 Å². The number of fused-ring (bicyclic) bond motifs is 1. The van der Waals surface area contributed by atoms with Crippen LogP contribution in [0.25, 0.3) is 5.65 Å². The SMILES string of the molecule is CCn1nccc1C(=O)N[C@H](c1cn2nc(CC3(C(=O)OC)C[C@H](C(F)(F)F)N(C(=O)OC(C)(C)C)C3=O)ccc2n1)C1CCC(F)(F)CC1. The van der Waals surface area contributed by atoms with Gasteiger partial charge < -0.3 is 14.8 Å². The summed E-state index contributed by atoms with van der Waals surface area (Å²) in [4.78, 5) is 57.6. The molecule has 1 aliphatic heterocycles. The summed E-state index contributed by atoms with van der Waals surface area (Å²) < 4.78 is 83.7. The van der Waals surface area contributed by atoms with E-state index in [1.54, 1.807) is 6.92 Å². The van der Waals surface area contributed by atoms with Gasteiger partial charge in [-0.15, -0.1) is 0 Å². The molecule has 1 N–H and O–H groups in total. The minimum absolute atomic E-state index is 0.0168. The van der Waals surface area contributed by atoms with Crippen molar-refractivity contribution in [3.8, 4) is 0 Å². The first-order valence-corrected chi connectivity index (χ1v) is 16.1. The van der Waals surface area contributed by atoms with E-state index >= 15 is 0 Å². The van der Waals surface area contributed by atoms with E-state index in [2.05, 4.69) is 20.5 Å². The summed E-state index contributed by atoms with van der Waals surface area (Å²) in [6.45, 7) is 6.46. The van der Waals surface area contributed by atoms with Crippen LogP contribution in [0.1, 0.15) is 87.7 Å². The van der Waals surface area contributed by atoms with Crippen molar-refractivity contribution in [2.75, 3.05) is 7.11 Å². The lowest BCUT2D eigenvalue weighted by Gasteiger charge is -2.33. The minimum Gasteiger partial charge on any atom is -0.468 e. The van der Waals surface area contributed by atoms with E-state index < -0.39 is 77.8 Å². The summed E-state index contributed by atoms with van der Waals surface area (Å²) in [5.41, 5.74) is -2.97. The van der Waals surface area contributed by atoms with E-state index in [0.29, 0.717) is 6.54 Å². The molecule has 18 heteroatoms. The number of carbonyl (C=O) groups excluding carboxylic acids is 4. The molecular formula is C32H38F5N7O6. The molecule has 0 radical (unpaired) electrons. The molecule has 1 saturated carbocycles. The number of hydrogen-bond acceptors (Lipinski definition) is 9. The Morgan fingerprint density at radius 3 is 2.38 bits per heavy atom. The predicted octanol–water partition coefficient (Wildman–Crippen LogP) is 5.04. The third kappa shape index (κ3) is 7.28. The number of imide groups is 1. The Hall–Kier alpha value is -4.64. The molecule has 50 heavy (non-hydrogen) atoms. The number of esters is 1. The number of nitrogens with one attached hydrogen (secondary N) is 1. The molecule has 1 unspecified atom stereocenters. The second kappa shape index (κ2) is 13.2. The average Bonchev–Trinajstić information content (AvgIpc) is 3.75. The number of aromatic nitrogens is 5. The third-order valence-corrected chi connectivity index (χ3v) is 8.99. The fourth-order valence-corrected chi connectivity index (χ4v) is 6.57. The van der Waals surface area contributed by atoms with Gasteiger partial charge in [-0.1, -0.05) is 0 Å². The van der Waals surface area contributed by atoms with E-state index in [1.165, 1.54) is 60.6 Å². The summed E-state index contributed by atoms with van der Waals surface area (Å²) >= 11 is 0. The molecule has 2 aliphatic rings. The quantitative estimate of drug-likeness (QED) is 0.193. The maximum absolute atomic E-state index is 14.3. The highest BCUT2D eigenvalue weighted by atomic mass is 19.4. The summed E-state index contributed by atoms with van der Waals surface area (Å²) in [6, 6.07) is 0.832. The van der Waals surface area contributed by atoms with Crippen LogP contribution in [-0.4, -0.2) is 84.0 Å². The first kappa shape index (κ1) is 36.6. The highest BCUT2D eigenvalue weighted by Crippen LogP contribution is 2.46. The van der Waals surface area contributed by atoms with Crippen LogP contribution in [0, 0.1) is 11.3 Å². The summed E-state index contributed by atoms with van der Waals surface area (Å²) in [5, 5.41) is 11.4. The number of methoxy groups -OCH3 is 1. The number of carbonyl (C=O) groups is 4. The Morgan fingerprint density at radius 2 is 1.78 bits per heavy atom. The normalized spacial score (nSPS) is 22.1. The number of alkyl halides is 5. The Kier molecular flexibility index (Phi) is 9.70. The van der Waals surface area contributed by atoms with Gasteiger partial charge in [0, 0.05) is 38.4 Å². The topological polar surface area (TPSA) is 150 Å². The van der Waals surface area contributed by atoms with E-state index in [4.69, 9.17) is 9.47 Å². The molecule has 0 spiro atoms. The highest BCUT2D eigenvalue weighted by molar-refractivity contribution is 6.10. The maximum Gasteiger partial charge on any atom is 0.417 e. The number of rotatable bonds is 8. The van der Waals surface area contributed by atoms with Crippen LogP contribution in [0.2, 0.25) is 0 Å². The molecule has 1 saturated heterocycles. The molecule has 2 fully saturated rings. The number of hydrogen-bond donors (Lipinski definition) is 1. The fourth-order valence-electron chi connectivity index (χ4n) is 6.57. The number of ether oxygens (including phenoxy) is 2. The van der Waals surface area contributed by atoms with Gasteiger partial charge in [0.2, 0.25) is 5.92 Å². The molecule has 0 aromatic carbocycles. The first-order valence-electron chi connectivity index (χ1n) is 16.1. The monoisotopic (exact) mass is 711 g/mol. The largest absolute Gasteiger partial charge is 0.468 e. The third-order valence-electron chi connectivity index (χ3n) is 8.99. The van der Waals surface area contributed by atoms with Crippen molar-refractivity contribution in [3.63, 3.8) is 0 Å². The van der Waals surface area contributed by atoms with E-state index in [0.717, 1.165) is 7.11 Å². The van der Waals surface area contributed by atoms with Crippen molar-refractivity contribution in [1.82, 2.24) is 34.6 Å². The van der Waals surface area contributed by atoms with Crippen LogP contribution in [0.5, 0.6) is 0 Å². The van der Waals surface area contributed by atoms with Crippen molar-refractivity contribution >= 4 is 29.5 Å². The zero-order valence-corrected chi connectivity index (χ0v) is 28.1. The van der Waals surface area contributed by atoms with Crippen LogP contribution in [0.15, 0.2) is 30.6 Å². The number of imidazole rings is 1.